The zero-order chi connectivity index (χ0) is 24.7. The molecule has 35 heavy (non-hydrogen) atoms. The highest BCUT2D eigenvalue weighted by Crippen LogP contribution is 2.41. The van der Waals surface area contributed by atoms with Crippen molar-refractivity contribution in [3.63, 3.8) is 0 Å². The van der Waals surface area contributed by atoms with E-state index in [2.05, 4.69) is 54.0 Å². The predicted molar refractivity (Wildman–Crippen MR) is 137 cm³/mol. The van der Waals surface area contributed by atoms with Gasteiger partial charge in [0.2, 0.25) is 0 Å². The van der Waals surface area contributed by atoms with Crippen LogP contribution in [0.25, 0.3) is 11.3 Å². The van der Waals surface area contributed by atoms with Gasteiger partial charge in [-0.25, -0.2) is 24.9 Å². The minimum Gasteiger partial charge on any atom is -0.343 e. The van der Waals surface area contributed by atoms with Gasteiger partial charge >= 0.3 is 0 Å². The predicted octanol–water partition coefficient (Wildman–Crippen LogP) is 5.34. The number of carbonyl (C=O) groups is 1. The number of aromatic nitrogens is 4. The van der Waals surface area contributed by atoms with Crippen molar-refractivity contribution in [2.24, 2.45) is 16.8 Å². The Hall–Kier alpha value is -3.48. The van der Waals surface area contributed by atoms with Crippen LogP contribution in [-0.2, 0) is 12.0 Å². The van der Waals surface area contributed by atoms with Gasteiger partial charge in [-0.15, -0.1) is 0 Å². The van der Waals surface area contributed by atoms with E-state index in [0.717, 1.165) is 76.5 Å². The second kappa shape index (κ2) is 8.95. The van der Waals surface area contributed by atoms with Crippen LogP contribution < -0.4 is 5.32 Å². The maximum absolute atomic E-state index is 12.7. The summed E-state index contributed by atoms with van der Waals surface area (Å²) in [6, 6.07) is 6.02. The Morgan fingerprint density at radius 2 is 1.89 bits per heavy atom. The van der Waals surface area contributed by atoms with Crippen molar-refractivity contribution in [2.75, 3.05) is 0 Å². The lowest BCUT2D eigenvalue weighted by Crippen LogP contribution is -2.37. The molecule has 5 rings (SSSR count). The minimum atomic E-state index is -0.401. The first kappa shape index (κ1) is 23.3. The SMILES string of the molecule is CCC1CCc2ncnc(-c3ccc4c(c3)C(C)(CC(C)C)NC4=O)c2N=C1c1cnc(C)nc1. The van der Waals surface area contributed by atoms with Crippen LogP contribution in [0.3, 0.4) is 0 Å². The number of carbonyl (C=O) groups excluding carboxylic acids is 1. The van der Waals surface area contributed by atoms with E-state index in [1.54, 1.807) is 6.33 Å². The van der Waals surface area contributed by atoms with Crippen molar-refractivity contribution in [3.8, 4) is 11.3 Å². The van der Waals surface area contributed by atoms with Crippen LogP contribution >= 0.6 is 0 Å². The van der Waals surface area contributed by atoms with E-state index in [9.17, 15) is 4.79 Å². The highest BCUT2D eigenvalue weighted by Gasteiger charge is 2.39. The molecule has 0 aliphatic carbocycles. The molecule has 2 aromatic heterocycles. The Bertz CT molecular complexity index is 1310. The van der Waals surface area contributed by atoms with Crippen LogP contribution in [-0.4, -0.2) is 31.6 Å². The largest absolute Gasteiger partial charge is 0.343 e. The Labute approximate surface area is 206 Å². The number of aryl methyl sites for hydroxylation is 2. The first-order chi connectivity index (χ1) is 16.8. The van der Waals surface area contributed by atoms with Crippen molar-refractivity contribution in [1.29, 1.82) is 0 Å². The summed E-state index contributed by atoms with van der Waals surface area (Å²) in [7, 11) is 0. The number of hydrogen-bond acceptors (Lipinski definition) is 6. The molecule has 180 valence electrons. The number of nitrogens with zero attached hydrogens (tertiary/aromatic N) is 5. The van der Waals surface area contributed by atoms with Gasteiger partial charge in [0.15, 0.2) is 0 Å². The number of benzene rings is 1. The van der Waals surface area contributed by atoms with Gasteiger partial charge in [-0.05, 0) is 63.1 Å². The minimum absolute atomic E-state index is 0.0123. The molecule has 0 spiro atoms. The normalized spacial score (nSPS) is 21.3. The second-order valence-electron chi connectivity index (χ2n) is 10.3. The van der Waals surface area contributed by atoms with E-state index >= 15 is 0 Å². The molecule has 0 bridgehead atoms. The lowest BCUT2D eigenvalue weighted by Gasteiger charge is -2.28. The van der Waals surface area contributed by atoms with Crippen molar-refractivity contribution in [1.82, 2.24) is 25.3 Å². The Balaban J connectivity index is 1.66. The molecule has 1 amide bonds. The summed E-state index contributed by atoms with van der Waals surface area (Å²) < 4.78 is 0. The smallest absolute Gasteiger partial charge is 0.252 e. The van der Waals surface area contributed by atoms with E-state index in [1.165, 1.54) is 0 Å². The molecule has 2 aliphatic rings. The zero-order valence-electron chi connectivity index (χ0n) is 21.1. The molecular weight excluding hydrogens is 436 g/mol. The zero-order valence-corrected chi connectivity index (χ0v) is 21.1. The molecule has 1 N–H and O–H groups in total. The van der Waals surface area contributed by atoms with Gasteiger partial charge in [-0.3, -0.25) is 4.79 Å². The highest BCUT2D eigenvalue weighted by atomic mass is 16.2. The van der Waals surface area contributed by atoms with Gasteiger partial charge in [-0.2, -0.15) is 0 Å². The molecule has 0 fully saturated rings. The highest BCUT2D eigenvalue weighted by molar-refractivity contribution is 6.05. The number of nitrogens with one attached hydrogen (secondary N) is 1. The third-order valence-corrected chi connectivity index (χ3v) is 7.15. The molecule has 3 aromatic rings. The van der Waals surface area contributed by atoms with Gasteiger partial charge in [0.1, 0.15) is 17.8 Å². The topological polar surface area (TPSA) is 93.0 Å². The van der Waals surface area contributed by atoms with Gasteiger partial charge in [0.05, 0.1) is 22.6 Å². The van der Waals surface area contributed by atoms with Gasteiger partial charge in [-0.1, -0.05) is 26.8 Å². The fraction of sp³-hybridized carbons (Fsp3) is 0.429. The molecule has 7 nitrogen and oxygen atoms in total. The lowest BCUT2D eigenvalue weighted by molar-refractivity contribution is 0.0927. The van der Waals surface area contributed by atoms with E-state index in [1.807, 2.05) is 31.5 Å². The lowest BCUT2D eigenvalue weighted by atomic mass is 9.84. The average molecular weight is 469 g/mol. The fourth-order valence-electron chi connectivity index (χ4n) is 5.52. The Morgan fingerprint density at radius 3 is 2.60 bits per heavy atom. The van der Waals surface area contributed by atoms with Crippen molar-refractivity contribution in [3.05, 3.63) is 65.1 Å². The molecule has 0 saturated heterocycles. The van der Waals surface area contributed by atoms with Crippen LogP contribution in [0.5, 0.6) is 0 Å². The van der Waals surface area contributed by atoms with Crippen molar-refractivity contribution in [2.45, 2.75) is 65.8 Å². The number of fused-ring (bicyclic) bond motifs is 2. The van der Waals surface area contributed by atoms with Crippen LogP contribution in [0.15, 0.2) is 41.9 Å². The van der Waals surface area contributed by atoms with Gasteiger partial charge in [0, 0.05) is 35.0 Å². The quantitative estimate of drug-likeness (QED) is 0.546. The Morgan fingerprint density at radius 1 is 1.11 bits per heavy atom. The van der Waals surface area contributed by atoms with E-state index in [-0.39, 0.29) is 5.91 Å². The molecule has 0 radical (unpaired) electrons. The number of rotatable bonds is 5. The Kier molecular flexibility index (Phi) is 5.95. The molecule has 4 heterocycles. The summed E-state index contributed by atoms with van der Waals surface area (Å²) in [6.45, 7) is 10.5. The van der Waals surface area contributed by atoms with Crippen molar-refractivity contribution < 1.29 is 4.79 Å². The summed E-state index contributed by atoms with van der Waals surface area (Å²) in [5, 5.41) is 3.21. The maximum Gasteiger partial charge on any atom is 0.252 e. The van der Waals surface area contributed by atoms with Crippen LogP contribution in [0.4, 0.5) is 5.69 Å². The maximum atomic E-state index is 12.7. The molecular formula is C28H32N6O. The summed E-state index contributed by atoms with van der Waals surface area (Å²) in [6.07, 6.45) is 8.99. The third kappa shape index (κ3) is 4.24. The number of hydrogen-bond donors (Lipinski definition) is 1. The molecule has 2 unspecified atom stereocenters. The standard InChI is InChI=1S/C28H32N6O/c1-6-18-8-10-23-26(33-24(18)20-13-29-17(4)30-14-20)25(32-15-31-23)19-7-9-21-22(11-19)28(5,12-16(2)3)34-27(21)35/h7,9,11,13-16,18H,6,8,10,12H2,1-5H3,(H,34,35). The van der Waals surface area contributed by atoms with Crippen LogP contribution in [0.1, 0.15) is 80.0 Å². The van der Waals surface area contributed by atoms with E-state index < -0.39 is 5.54 Å². The van der Waals surface area contributed by atoms with Crippen LogP contribution in [0, 0.1) is 18.8 Å². The summed E-state index contributed by atoms with van der Waals surface area (Å²) in [5.74, 6) is 1.47. The van der Waals surface area contributed by atoms with Crippen molar-refractivity contribution >= 4 is 17.3 Å². The third-order valence-electron chi connectivity index (χ3n) is 7.15. The molecule has 2 atom stereocenters. The molecule has 1 aromatic carbocycles. The van der Waals surface area contributed by atoms with E-state index in [0.29, 0.717) is 11.8 Å². The first-order valence-corrected chi connectivity index (χ1v) is 12.5. The summed E-state index contributed by atoms with van der Waals surface area (Å²) >= 11 is 0. The second-order valence-corrected chi connectivity index (χ2v) is 10.3. The molecule has 0 saturated carbocycles. The first-order valence-electron chi connectivity index (χ1n) is 12.5. The molecule has 7 heteroatoms. The fourth-order valence-corrected chi connectivity index (χ4v) is 5.52. The average Bonchev–Trinajstić information content (AvgIpc) is 2.96. The van der Waals surface area contributed by atoms with Gasteiger partial charge in [0.25, 0.3) is 5.91 Å². The van der Waals surface area contributed by atoms with Crippen LogP contribution in [0.2, 0.25) is 0 Å². The van der Waals surface area contributed by atoms with E-state index in [4.69, 9.17) is 9.98 Å². The summed E-state index contributed by atoms with van der Waals surface area (Å²) in [4.78, 5) is 36.0. The summed E-state index contributed by atoms with van der Waals surface area (Å²) in [5.41, 5.74) is 6.81. The van der Waals surface area contributed by atoms with Gasteiger partial charge < -0.3 is 5.32 Å². The monoisotopic (exact) mass is 468 g/mol. The number of aliphatic imine (C=N–C) groups is 1. The number of amides is 1. The molecule has 2 aliphatic heterocycles.